The van der Waals surface area contributed by atoms with Gasteiger partial charge in [0.25, 0.3) is 5.91 Å². The first-order valence-electron chi connectivity index (χ1n) is 9.03. The molecule has 1 N–H and O–H groups in total. The molecule has 0 saturated carbocycles. The molecule has 0 bridgehead atoms. The highest BCUT2D eigenvalue weighted by molar-refractivity contribution is 6.14. The fourth-order valence-corrected chi connectivity index (χ4v) is 3.33. The number of pyridine rings is 1. The van der Waals surface area contributed by atoms with Crippen LogP contribution >= 0.6 is 0 Å². The molecule has 3 heterocycles. The molecule has 2 aromatic rings. The predicted molar refractivity (Wildman–Crippen MR) is 99.2 cm³/mol. The Labute approximate surface area is 157 Å². The Hall–Kier alpha value is -2.93. The summed E-state index contributed by atoms with van der Waals surface area (Å²) in [5.74, 6) is -1.48. The highest BCUT2D eigenvalue weighted by atomic mass is 16.3. The molecule has 1 aliphatic heterocycles. The number of aromatic nitrogens is 1. The standard InChI is InChI=1S/C20H23N3O4/c1-3-22(4-2)10-11-23-17(14-7-5-9-21-13-14)16(19(25)20(23)26)18(24)15-8-6-12-27-15/h5-9,12-13,17,25H,3-4,10-11H2,1-2H3. The Morgan fingerprint density at radius 2 is 2.07 bits per heavy atom. The molecule has 0 radical (unpaired) electrons. The largest absolute Gasteiger partial charge is 0.503 e. The minimum absolute atomic E-state index is 0.0301. The maximum absolute atomic E-state index is 12.9. The molecule has 0 spiro atoms. The first kappa shape index (κ1) is 18.8. The van der Waals surface area contributed by atoms with E-state index in [1.54, 1.807) is 30.6 Å². The van der Waals surface area contributed by atoms with Crippen LogP contribution in [0.5, 0.6) is 0 Å². The molecule has 142 valence electrons. The van der Waals surface area contributed by atoms with Gasteiger partial charge in [-0.3, -0.25) is 14.6 Å². The molecule has 0 aliphatic carbocycles. The number of likely N-dealkylation sites (N-methyl/N-ethyl adjacent to an activating group) is 1. The number of aliphatic hydroxyl groups excluding tert-OH is 1. The van der Waals surface area contributed by atoms with Gasteiger partial charge in [0.2, 0.25) is 5.78 Å². The molecule has 1 aliphatic rings. The van der Waals surface area contributed by atoms with Gasteiger partial charge < -0.3 is 19.3 Å². The van der Waals surface area contributed by atoms with Crippen LogP contribution < -0.4 is 0 Å². The summed E-state index contributed by atoms with van der Waals surface area (Å²) in [5.41, 5.74) is 0.701. The van der Waals surface area contributed by atoms with E-state index in [-0.39, 0.29) is 11.3 Å². The topological polar surface area (TPSA) is 86.9 Å². The van der Waals surface area contributed by atoms with E-state index in [0.29, 0.717) is 18.7 Å². The van der Waals surface area contributed by atoms with Crippen LogP contribution in [0.4, 0.5) is 0 Å². The summed E-state index contributed by atoms with van der Waals surface area (Å²) in [6.07, 6.45) is 4.62. The smallest absolute Gasteiger partial charge is 0.290 e. The molecule has 2 aromatic heterocycles. The molecule has 3 rings (SSSR count). The normalized spacial score (nSPS) is 17.2. The summed E-state index contributed by atoms with van der Waals surface area (Å²) in [6, 6.07) is 5.96. The van der Waals surface area contributed by atoms with Crippen LogP contribution in [-0.4, -0.2) is 57.8 Å². The molecule has 1 amide bonds. The Balaban J connectivity index is 1.98. The lowest BCUT2D eigenvalue weighted by atomic mass is 9.96. The molecular formula is C20H23N3O4. The fraction of sp³-hybridized carbons (Fsp3) is 0.350. The third-order valence-electron chi connectivity index (χ3n) is 4.84. The van der Waals surface area contributed by atoms with E-state index in [1.165, 1.54) is 17.2 Å². The van der Waals surface area contributed by atoms with Crippen molar-refractivity contribution in [3.05, 3.63) is 65.6 Å². The second-order valence-corrected chi connectivity index (χ2v) is 6.28. The Kier molecular flexibility index (Phi) is 5.71. The van der Waals surface area contributed by atoms with Crippen LogP contribution in [0.3, 0.4) is 0 Å². The molecule has 27 heavy (non-hydrogen) atoms. The summed E-state index contributed by atoms with van der Waals surface area (Å²) in [6.45, 7) is 6.84. The molecule has 7 nitrogen and oxygen atoms in total. The van der Waals surface area contributed by atoms with Crippen molar-refractivity contribution >= 4 is 11.7 Å². The van der Waals surface area contributed by atoms with Gasteiger partial charge in [-0.05, 0) is 36.9 Å². The van der Waals surface area contributed by atoms with E-state index in [2.05, 4.69) is 23.7 Å². The average Bonchev–Trinajstić information content (AvgIpc) is 3.31. The molecular weight excluding hydrogens is 346 g/mol. The van der Waals surface area contributed by atoms with E-state index in [1.807, 2.05) is 0 Å². The number of nitrogens with zero attached hydrogens (tertiary/aromatic N) is 3. The van der Waals surface area contributed by atoms with Crippen molar-refractivity contribution in [2.75, 3.05) is 26.2 Å². The molecule has 0 saturated heterocycles. The number of amides is 1. The number of Topliss-reactive ketones (excluding diaryl/α,β-unsaturated/α-hetero) is 1. The van der Waals surface area contributed by atoms with E-state index in [4.69, 9.17) is 4.42 Å². The summed E-state index contributed by atoms with van der Waals surface area (Å²) in [7, 11) is 0. The molecule has 1 atom stereocenters. The monoisotopic (exact) mass is 369 g/mol. The predicted octanol–water partition coefficient (Wildman–Crippen LogP) is 2.59. The van der Waals surface area contributed by atoms with Crippen molar-refractivity contribution < 1.29 is 19.1 Å². The van der Waals surface area contributed by atoms with Crippen molar-refractivity contribution in [1.29, 1.82) is 0 Å². The number of rotatable bonds is 8. The van der Waals surface area contributed by atoms with Crippen LogP contribution in [0, 0.1) is 0 Å². The van der Waals surface area contributed by atoms with Gasteiger partial charge in [0.15, 0.2) is 11.5 Å². The zero-order valence-electron chi connectivity index (χ0n) is 15.5. The van der Waals surface area contributed by atoms with Crippen molar-refractivity contribution in [1.82, 2.24) is 14.8 Å². The number of hydrogen-bond donors (Lipinski definition) is 1. The van der Waals surface area contributed by atoms with Gasteiger partial charge in [0.05, 0.1) is 17.9 Å². The SMILES string of the molecule is CCN(CC)CCN1C(=O)C(O)=C(C(=O)c2ccco2)C1c1cccnc1. The number of carbonyl (C=O) groups is 2. The number of ketones is 1. The number of furan rings is 1. The molecule has 7 heteroatoms. The van der Waals surface area contributed by atoms with Crippen LogP contribution in [0.15, 0.2) is 58.7 Å². The summed E-state index contributed by atoms with van der Waals surface area (Å²) in [4.78, 5) is 33.5. The van der Waals surface area contributed by atoms with Gasteiger partial charge in [0, 0.05) is 25.5 Å². The Bertz CT molecular complexity index is 826. The van der Waals surface area contributed by atoms with Crippen LogP contribution in [0.25, 0.3) is 0 Å². The molecule has 0 aromatic carbocycles. The van der Waals surface area contributed by atoms with Gasteiger partial charge in [-0.1, -0.05) is 19.9 Å². The number of aliphatic hydroxyl groups is 1. The molecule has 0 fully saturated rings. The molecule has 1 unspecified atom stereocenters. The second kappa shape index (κ2) is 8.18. The Morgan fingerprint density at radius 3 is 2.67 bits per heavy atom. The van der Waals surface area contributed by atoms with Crippen molar-refractivity contribution in [2.45, 2.75) is 19.9 Å². The minimum Gasteiger partial charge on any atom is -0.503 e. The average molecular weight is 369 g/mol. The summed E-state index contributed by atoms with van der Waals surface area (Å²) < 4.78 is 5.20. The highest BCUT2D eigenvalue weighted by Crippen LogP contribution is 2.38. The fourth-order valence-electron chi connectivity index (χ4n) is 3.33. The van der Waals surface area contributed by atoms with E-state index in [9.17, 15) is 14.7 Å². The third-order valence-corrected chi connectivity index (χ3v) is 4.84. The van der Waals surface area contributed by atoms with Crippen molar-refractivity contribution in [3.63, 3.8) is 0 Å². The zero-order chi connectivity index (χ0) is 19.4. The summed E-state index contributed by atoms with van der Waals surface area (Å²) in [5, 5.41) is 10.5. The van der Waals surface area contributed by atoms with Gasteiger partial charge in [-0.25, -0.2) is 0 Å². The van der Waals surface area contributed by atoms with Gasteiger partial charge in [-0.15, -0.1) is 0 Å². The minimum atomic E-state index is -0.695. The lowest BCUT2D eigenvalue weighted by Gasteiger charge is -2.29. The van der Waals surface area contributed by atoms with Crippen LogP contribution in [0.2, 0.25) is 0 Å². The van der Waals surface area contributed by atoms with E-state index in [0.717, 1.165) is 13.1 Å². The maximum Gasteiger partial charge on any atom is 0.290 e. The lowest BCUT2D eigenvalue weighted by molar-refractivity contribution is -0.129. The lowest BCUT2D eigenvalue weighted by Crippen LogP contribution is -2.38. The van der Waals surface area contributed by atoms with Crippen LogP contribution in [0.1, 0.15) is 36.0 Å². The van der Waals surface area contributed by atoms with Crippen LogP contribution in [-0.2, 0) is 4.79 Å². The van der Waals surface area contributed by atoms with E-state index < -0.39 is 23.5 Å². The maximum atomic E-state index is 12.9. The second-order valence-electron chi connectivity index (χ2n) is 6.28. The number of hydrogen-bond acceptors (Lipinski definition) is 6. The number of carbonyl (C=O) groups excluding carboxylic acids is 2. The third kappa shape index (κ3) is 3.64. The van der Waals surface area contributed by atoms with Gasteiger partial charge in [0.1, 0.15) is 0 Å². The van der Waals surface area contributed by atoms with Crippen molar-refractivity contribution in [3.8, 4) is 0 Å². The summed E-state index contributed by atoms with van der Waals surface area (Å²) >= 11 is 0. The van der Waals surface area contributed by atoms with Crippen molar-refractivity contribution in [2.24, 2.45) is 0 Å². The quantitative estimate of drug-likeness (QED) is 0.720. The first-order valence-corrected chi connectivity index (χ1v) is 9.03. The zero-order valence-corrected chi connectivity index (χ0v) is 15.5. The first-order chi connectivity index (χ1) is 13.1. The highest BCUT2D eigenvalue weighted by Gasteiger charge is 2.44. The van der Waals surface area contributed by atoms with Gasteiger partial charge >= 0.3 is 0 Å². The Morgan fingerprint density at radius 1 is 1.30 bits per heavy atom. The van der Waals surface area contributed by atoms with E-state index >= 15 is 0 Å². The van der Waals surface area contributed by atoms with Gasteiger partial charge in [-0.2, -0.15) is 0 Å².